The molecule has 0 aliphatic carbocycles. The maximum Gasteiger partial charge on any atom is 0.328 e. The van der Waals surface area contributed by atoms with Crippen LogP contribution in [-0.2, 0) is 9.59 Å². The van der Waals surface area contributed by atoms with Crippen molar-refractivity contribution >= 4 is 40.9 Å². The Bertz CT molecular complexity index is 1310. The number of hydrogen-bond donors (Lipinski definition) is 2. The molecule has 10 heteroatoms. The number of piperidine rings is 1. The van der Waals surface area contributed by atoms with E-state index in [9.17, 15) is 18.8 Å². The molecule has 1 saturated heterocycles. The molecule has 1 fully saturated rings. The second kappa shape index (κ2) is 15.1. The topological polar surface area (TPSA) is 130 Å². The Balaban J connectivity index is 0.000000453. The molecule has 0 aromatic heterocycles. The fraction of sp³-hybridized carbons (Fsp3) is 0.258. The minimum absolute atomic E-state index is 0. The van der Waals surface area contributed by atoms with Crippen LogP contribution in [0.15, 0.2) is 94.7 Å². The van der Waals surface area contributed by atoms with Crippen LogP contribution in [0.3, 0.4) is 0 Å². The van der Waals surface area contributed by atoms with Crippen LogP contribution in [0.2, 0.25) is 0 Å². The van der Waals surface area contributed by atoms with Gasteiger partial charge >= 0.3 is 11.9 Å². The van der Waals surface area contributed by atoms with E-state index < -0.39 is 11.9 Å². The summed E-state index contributed by atoms with van der Waals surface area (Å²) in [6.07, 6.45) is 3.94. The molecule has 2 aliphatic heterocycles. The van der Waals surface area contributed by atoms with Gasteiger partial charge in [0.2, 0.25) is 0 Å². The molecule has 0 atom stereocenters. The molecule has 216 valence electrons. The Kier molecular flexibility index (Phi) is 11.6. The Morgan fingerprint density at radius 3 is 1.83 bits per heavy atom. The molecular formula is C31H33FN2O6S. The lowest BCUT2D eigenvalue weighted by Crippen LogP contribution is -2.38. The first kappa shape index (κ1) is 31.5. The van der Waals surface area contributed by atoms with Crippen LogP contribution < -0.4 is 4.90 Å². The van der Waals surface area contributed by atoms with Crippen molar-refractivity contribution in [2.24, 2.45) is 5.92 Å². The van der Waals surface area contributed by atoms with Gasteiger partial charge in [-0.1, -0.05) is 36.0 Å². The number of carboxylic acids is 2. The maximum absolute atomic E-state index is 13.1. The number of likely N-dealkylation sites (tertiary alicyclic amines) is 1. The molecule has 4 N–H and O–H groups in total. The third kappa shape index (κ3) is 8.75. The van der Waals surface area contributed by atoms with Gasteiger partial charge in [-0.15, -0.1) is 0 Å². The van der Waals surface area contributed by atoms with Gasteiger partial charge in [-0.2, -0.15) is 0 Å². The van der Waals surface area contributed by atoms with Gasteiger partial charge in [0, 0.05) is 40.0 Å². The van der Waals surface area contributed by atoms with E-state index in [-0.39, 0.29) is 23.0 Å². The minimum atomic E-state index is -1.26. The number of carbonyl (C=O) groups is 3. The molecule has 2 aliphatic rings. The zero-order valence-corrected chi connectivity index (χ0v) is 23.2. The van der Waals surface area contributed by atoms with Crippen molar-refractivity contribution in [3.8, 4) is 0 Å². The fourth-order valence-corrected chi connectivity index (χ4v) is 5.98. The number of anilines is 2. The van der Waals surface area contributed by atoms with Crippen LogP contribution in [0.4, 0.5) is 15.8 Å². The molecule has 41 heavy (non-hydrogen) atoms. The largest absolute Gasteiger partial charge is 0.478 e. The lowest BCUT2D eigenvalue weighted by Gasteiger charge is -2.34. The lowest BCUT2D eigenvalue weighted by molar-refractivity contribution is -0.134. The third-order valence-electron chi connectivity index (χ3n) is 6.84. The van der Waals surface area contributed by atoms with E-state index in [1.807, 2.05) is 11.8 Å². The summed E-state index contributed by atoms with van der Waals surface area (Å²) in [5.41, 5.74) is 3.21. The Hall–Kier alpha value is -3.99. The number of carboxylic acid groups (broad SMARTS) is 2. The molecule has 0 unspecified atom stereocenters. The molecule has 2 heterocycles. The molecular weight excluding hydrogens is 547 g/mol. The Morgan fingerprint density at radius 2 is 1.32 bits per heavy atom. The molecule has 5 rings (SSSR count). The van der Waals surface area contributed by atoms with E-state index >= 15 is 0 Å². The van der Waals surface area contributed by atoms with Gasteiger partial charge in [-0.3, -0.25) is 4.79 Å². The number of hydrogen-bond acceptors (Lipinski definition) is 6. The molecule has 0 saturated carbocycles. The molecule has 3 aromatic carbocycles. The number of aliphatic carboxylic acids is 2. The van der Waals surface area contributed by atoms with Crippen molar-refractivity contribution in [2.75, 3.05) is 31.1 Å². The highest BCUT2D eigenvalue weighted by Gasteiger charge is 2.26. The zero-order chi connectivity index (χ0) is 28.5. The van der Waals surface area contributed by atoms with Crippen molar-refractivity contribution in [2.45, 2.75) is 29.1 Å². The van der Waals surface area contributed by atoms with E-state index in [0.29, 0.717) is 17.7 Å². The van der Waals surface area contributed by atoms with Crippen LogP contribution >= 0.6 is 11.8 Å². The smallest absolute Gasteiger partial charge is 0.328 e. The highest BCUT2D eigenvalue weighted by atomic mass is 32.2. The Morgan fingerprint density at radius 1 is 0.805 bits per heavy atom. The van der Waals surface area contributed by atoms with Gasteiger partial charge in [0.15, 0.2) is 5.78 Å². The molecule has 3 aromatic rings. The zero-order valence-electron chi connectivity index (χ0n) is 22.4. The summed E-state index contributed by atoms with van der Waals surface area (Å²) < 4.78 is 13.1. The summed E-state index contributed by atoms with van der Waals surface area (Å²) in [5.74, 6) is -2.60. The number of fused-ring (bicyclic) bond motifs is 2. The number of ketones is 1. The predicted octanol–water partition coefficient (Wildman–Crippen LogP) is 5.30. The summed E-state index contributed by atoms with van der Waals surface area (Å²) in [6.45, 7) is 3.90. The number of para-hydroxylation sites is 2. The van der Waals surface area contributed by atoms with Crippen molar-refractivity contribution in [1.82, 2.24) is 4.90 Å². The van der Waals surface area contributed by atoms with Gasteiger partial charge < -0.3 is 25.5 Å². The van der Waals surface area contributed by atoms with Crippen molar-refractivity contribution in [1.29, 1.82) is 0 Å². The SMILES string of the molecule is O.O=C(O)/C=C/C(=O)O.O=C(c1ccc(F)cc1)C1CCN(CCCN2c3ccccc3Sc3ccccc32)CC1. The van der Waals surface area contributed by atoms with E-state index in [2.05, 4.69) is 58.3 Å². The lowest BCUT2D eigenvalue weighted by atomic mass is 9.89. The van der Waals surface area contributed by atoms with Gasteiger partial charge in [-0.05, 0) is 87.4 Å². The summed E-state index contributed by atoms with van der Waals surface area (Å²) in [6, 6.07) is 23.2. The van der Waals surface area contributed by atoms with Crippen LogP contribution in [0.5, 0.6) is 0 Å². The van der Waals surface area contributed by atoms with Crippen molar-refractivity contribution < 1.29 is 34.5 Å². The predicted molar refractivity (Wildman–Crippen MR) is 157 cm³/mol. The molecule has 8 nitrogen and oxygen atoms in total. The first-order valence-corrected chi connectivity index (χ1v) is 13.9. The normalized spacial score (nSPS) is 14.7. The summed E-state index contributed by atoms with van der Waals surface area (Å²) >= 11 is 1.84. The summed E-state index contributed by atoms with van der Waals surface area (Å²) in [4.78, 5) is 39.4. The second-order valence-corrected chi connectivity index (χ2v) is 10.6. The van der Waals surface area contributed by atoms with E-state index in [0.717, 1.165) is 45.4 Å². The van der Waals surface area contributed by atoms with Gasteiger partial charge in [-0.25, -0.2) is 14.0 Å². The summed E-state index contributed by atoms with van der Waals surface area (Å²) in [5, 5.41) is 15.6. The standard InChI is InChI=1S/C27H27FN2OS.C4H4O4.H2O/c28-22-12-10-20(11-13-22)27(31)21-14-18-29(19-15-21)16-5-17-30-23-6-1-3-8-25(23)32-26-9-4-2-7-24(26)30;5-3(6)1-2-4(7)8;/h1-4,6-13,21H,5,14-19H2;1-2H,(H,5,6)(H,7,8);1H2/b;2-1+;. The quantitative estimate of drug-likeness (QED) is 0.271. The molecule has 0 amide bonds. The number of nitrogens with zero attached hydrogens (tertiary/aromatic N) is 2. The first-order chi connectivity index (χ1) is 19.3. The Labute approximate surface area is 242 Å². The van der Waals surface area contributed by atoms with Gasteiger partial charge in [0.25, 0.3) is 0 Å². The molecule has 0 radical (unpaired) electrons. The minimum Gasteiger partial charge on any atom is -0.478 e. The van der Waals surface area contributed by atoms with Gasteiger partial charge in [0.1, 0.15) is 5.82 Å². The third-order valence-corrected chi connectivity index (χ3v) is 7.97. The van der Waals surface area contributed by atoms with Crippen molar-refractivity contribution in [3.63, 3.8) is 0 Å². The van der Waals surface area contributed by atoms with E-state index in [1.165, 1.54) is 33.3 Å². The number of halogens is 1. The van der Waals surface area contributed by atoms with Crippen LogP contribution in [0.1, 0.15) is 29.6 Å². The highest BCUT2D eigenvalue weighted by molar-refractivity contribution is 7.99. The van der Waals surface area contributed by atoms with Crippen LogP contribution in [0.25, 0.3) is 0 Å². The second-order valence-electron chi connectivity index (χ2n) is 9.54. The van der Waals surface area contributed by atoms with Crippen LogP contribution in [-0.4, -0.2) is 64.5 Å². The number of Topliss-reactive ketones (excluding diaryl/α,β-unsaturated/α-hetero) is 1. The monoisotopic (exact) mass is 580 g/mol. The number of rotatable bonds is 8. The van der Waals surface area contributed by atoms with Crippen LogP contribution in [0, 0.1) is 11.7 Å². The molecule has 0 bridgehead atoms. The fourth-order valence-electron chi connectivity index (χ4n) is 4.89. The first-order valence-electron chi connectivity index (χ1n) is 13.1. The maximum atomic E-state index is 13.1. The van der Waals surface area contributed by atoms with E-state index in [1.54, 1.807) is 12.1 Å². The molecule has 0 spiro atoms. The van der Waals surface area contributed by atoms with Gasteiger partial charge in [0.05, 0.1) is 11.4 Å². The highest BCUT2D eigenvalue weighted by Crippen LogP contribution is 2.47. The number of carbonyl (C=O) groups excluding carboxylic acids is 1. The van der Waals surface area contributed by atoms with Crippen molar-refractivity contribution in [3.05, 3.63) is 96.3 Å². The van der Waals surface area contributed by atoms with E-state index in [4.69, 9.17) is 10.2 Å². The summed E-state index contributed by atoms with van der Waals surface area (Å²) in [7, 11) is 0. The average molecular weight is 581 g/mol. The average Bonchev–Trinajstić information content (AvgIpc) is 2.96. The number of benzene rings is 3.